The van der Waals surface area contributed by atoms with Crippen LogP contribution in [0.4, 0.5) is 0 Å². The molecule has 0 bridgehead atoms. The Morgan fingerprint density at radius 3 is 1.90 bits per heavy atom. The van der Waals surface area contributed by atoms with Crippen LogP contribution in [0, 0.1) is 23.7 Å². The Labute approximate surface area is 133 Å². The summed E-state index contributed by atoms with van der Waals surface area (Å²) in [6.07, 6.45) is 25.5. The molecule has 0 aromatic heterocycles. The van der Waals surface area contributed by atoms with Crippen LogP contribution in [0.2, 0.25) is 0 Å². The van der Waals surface area contributed by atoms with E-state index in [4.69, 9.17) is 0 Å². The van der Waals surface area contributed by atoms with E-state index >= 15 is 0 Å². The van der Waals surface area contributed by atoms with Gasteiger partial charge in [-0.05, 0) is 69.1 Å². The summed E-state index contributed by atoms with van der Waals surface area (Å²) in [5, 5.41) is 0. The fraction of sp³-hybridized carbons (Fsp3) is 0.810. The summed E-state index contributed by atoms with van der Waals surface area (Å²) >= 11 is 0. The minimum atomic E-state index is 0.869. The highest BCUT2D eigenvalue weighted by molar-refractivity contribution is 4.95. The lowest BCUT2D eigenvalue weighted by atomic mass is 9.79. The maximum atomic E-state index is 2.55. The van der Waals surface area contributed by atoms with Gasteiger partial charge in [0.1, 0.15) is 0 Å². The number of rotatable bonds is 6. The first-order valence-electron chi connectivity index (χ1n) is 9.61. The first-order chi connectivity index (χ1) is 10.3. The Kier molecular flexibility index (Phi) is 7.61. The maximum absolute atomic E-state index is 2.55. The van der Waals surface area contributed by atoms with Crippen LogP contribution >= 0.6 is 0 Å². The van der Waals surface area contributed by atoms with Crippen LogP contribution in [0.1, 0.15) is 84.5 Å². The maximum Gasteiger partial charge on any atom is -0.0233 e. The van der Waals surface area contributed by atoms with Gasteiger partial charge in [0.25, 0.3) is 0 Å². The van der Waals surface area contributed by atoms with Crippen LogP contribution in [0.25, 0.3) is 0 Å². The topological polar surface area (TPSA) is 0 Å². The average Bonchev–Trinajstić information content (AvgIpc) is 2.54. The molecule has 0 spiro atoms. The van der Waals surface area contributed by atoms with Gasteiger partial charge in [-0.3, -0.25) is 0 Å². The summed E-state index contributed by atoms with van der Waals surface area (Å²) in [7, 11) is 0. The average molecular weight is 289 g/mol. The molecule has 0 radical (unpaired) electrons. The standard InChI is InChI=1S/C21H36/c1-3-7-19-14-16-21(17-15-19)9-6-5-8-20-12-10-18(4-2)11-13-20/h3,6-7,9,18-21H,4-5,8,10-17H2,1-2H3. The first-order valence-corrected chi connectivity index (χ1v) is 9.61. The molecule has 2 aliphatic rings. The summed E-state index contributed by atoms with van der Waals surface area (Å²) in [4.78, 5) is 0. The van der Waals surface area contributed by atoms with Crippen LogP contribution < -0.4 is 0 Å². The fourth-order valence-corrected chi connectivity index (χ4v) is 4.35. The molecule has 120 valence electrons. The highest BCUT2D eigenvalue weighted by Crippen LogP contribution is 2.33. The van der Waals surface area contributed by atoms with E-state index in [0.717, 1.165) is 23.7 Å². The molecule has 0 aliphatic heterocycles. The van der Waals surface area contributed by atoms with Crippen molar-refractivity contribution in [3.63, 3.8) is 0 Å². The van der Waals surface area contributed by atoms with Crippen molar-refractivity contribution < 1.29 is 0 Å². The lowest BCUT2D eigenvalue weighted by molar-refractivity contribution is 0.259. The van der Waals surface area contributed by atoms with E-state index < -0.39 is 0 Å². The van der Waals surface area contributed by atoms with E-state index in [2.05, 4.69) is 38.2 Å². The minimum Gasteiger partial charge on any atom is -0.0914 e. The van der Waals surface area contributed by atoms with Crippen LogP contribution in [0.3, 0.4) is 0 Å². The van der Waals surface area contributed by atoms with Crippen LogP contribution in [0.5, 0.6) is 0 Å². The van der Waals surface area contributed by atoms with Gasteiger partial charge in [0.2, 0.25) is 0 Å². The molecule has 2 rings (SSSR count). The molecule has 0 unspecified atom stereocenters. The summed E-state index contributed by atoms with van der Waals surface area (Å²) < 4.78 is 0. The molecular formula is C21H36. The number of hydrogen-bond acceptors (Lipinski definition) is 0. The minimum absolute atomic E-state index is 0.869. The molecule has 0 aromatic rings. The molecule has 0 atom stereocenters. The predicted octanol–water partition coefficient (Wildman–Crippen LogP) is 6.92. The third kappa shape index (κ3) is 6.01. The normalized spacial score (nSPS) is 34.8. The monoisotopic (exact) mass is 288 g/mol. The molecule has 0 N–H and O–H groups in total. The van der Waals surface area contributed by atoms with Crippen molar-refractivity contribution >= 4 is 0 Å². The van der Waals surface area contributed by atoms with Gasteiger partial charge in [0.05, 0.1) is 0 Å². The molecule has 0 saturated heterocycles. The van der Waals surface area contributed by atoms with Crippen molar-refractivity contribution in [3.05, 3.63) is 24.3 Å². The summed E-state index contributed by atoms with van der Waals surface area (Å²) in [5.74, 6) is 3.82. The van der Waals surface area contributed by atoms with E-state index in [1.54, 1.807) is 0 Å². The molecular weight excluding hydrogens is 252 g/mol. The van der Waals surface area contributed by atoms with E-state index in [1.165, 1.54) is 70.6 Å². The molecule has 2 fully saturated rings. The van der Waals surface area contributed by atoms with Crippen molar-refractivity contribution in [2.75, 3.05) is 0 Å². The van der Waals surface area contributed by atoms with Gasteiger partial charge in [-0.1, -0.05) is 63.3 Å². The van der Waals surface area contributed by atoms with Crippen molar-refractivity contribution in [1.82, 2.24) is 0 Å². The SMILES string of the molecule is CC=CC1CCC(C=CCCC2CCC(CC)CC2)CC1. The lowest BCUT2D eigenvalue weighted by Crippen LogP contribution is -2.13. The molecule has 0 nitrogen and oxygen atoms in total. The van der Waals surface area contributed by atoms with E-state index in [1.807, 2.05) is 0 Å². The number of hydrogen-bond donors (Lipinski definition) is 0. The van der Waals surface area contributed by atoms with Gasteiger partial charge in [-0.2, -0.15) is 0 Å². The second kappa shape index (κ2) is 9.49. The van der Waals surface area contributed by atoms with Crippen LogP contribution in [0.15, 0.2) is 24.3 Å². The third-order valence-electron chi connectivity index (χ3n) is 5.97. The molecule has 21 heavy (non-hydrogen) atoms. The summed E-state index contributed by atoms with van der Waals surface area (Å²) in [6, 6.07) is 0. The van der Waals surface area contributed by atoms with Gasteiger partial charge >= 0.3 is 0 Å². The molecule has 0 amide bonds. The van der Waals surface area contributed by atoms with Gasteiger partial charge in [-0.15, -0.1) is 0 Å². The summed E-state index contributed by atoms with van der Waals surface area (Å²) in [6.45, 7) is 4.51. The lowest BCUT2D eigenvalue weighted by Gasteiger charge is -2.27. The zero-order valence-corrected chi connectivity index (χ0v) is 14.4. The van der Waals surface area contributed by atoms with Crippen molar-refractivity contribution in [2.24, 2.45) is 23.7 Å². The molecule has 2 saturated carbocycles. The van der Waals surface area contributed by atoms with Crippen LogP contribution in [-0.2, 0) is 0 Å². The molecule has 0 heterocycles. The van der Waals surface area contributed by atoms with Crippen molar-refractivity contribution in [3.8, 4) is 0 Å². The third-order valence-corrected chi connectivity index (χ3v) is 5.97. The Morgan fingerprint density at radius 2 is 1.33 bits per heavy atom. The smallest absolute Gasteiger partial charge is 0.0233 e. The van der Waals surface area contributed by atoms with Gasteiger partial charge in [0.15, 0.2) is 0 Å². The van der Waals surface area contributed by atoms with Crippen molar-refractivity contribution in [1.29, 1.82) is 0 Å². The largest absolute Gasteiger partial charge is 0.0914 e. The van der Waals surface area contributed by atoms with Gasteiger partial charge < -0.3 is 0 Å². The van der Waals surface area contributed by atoms with Gasteiger partial charge in [0, 0.05) is 0 Å². The zero-order chi connectivity index (χ0) is 14.9. The highest BCUT2D eigenvalue weighted by Gasteiger charge is 2.19. The Balaban J connectivity index is 1.57. The molecule has 0 aromatic carbocycles. The highest BCUT2D eigenvalue weighted by atomic mass is 14.3. The van der Waals surface area contributed by atoms with Crippen molar-refractivity contribution in [2.45, 2.75) is 84.5 Å². The predicted molar refractivity (Wildman–Crippen MR) is 94.4 cm³/mol. The molecule has 2 aliphatic carbocycles. The quantitative estimate of drug-likeness (QED) is 0.465. The van der Waals surface area contributed by atoms with E-state index in [9.17, 15) is 0 Å². The second-order valence-corrected chi connectivity index (χ2v) is 7.50. The zero-order valence-electron chi connectivity index (χ0n) is 14.4. The number of allylic oxidation sites excluding steroid dienone is 4. The Hall–Kier alpha value is -0.520. The fourth-order valence-electron chi connectivity index (χ4n) is 4.35. The second-order valence-electron chi connectivity index (χ2n) is 7.50. The Morgan fingerprint density at radius 1 is 0.762 bits per heavy atom. The van der Waals surface area contributed by atoms with Gasteiger partial charge in [-0.25, -0.2) is 0 Å². The van der Waals surface area contributed by atoms with E-state index in [-0.39, 0.29) is 0 Å². The summed E-state index contributed by atoms with van der Waals surface area (Å²) in [5.41, 5.74) is 0. The van der Waals surface area contributed by atoms with Crippen LogP contribution in [-0.4, -0.2) is 0 Å². The van der Waals surface area contributed by atoms with E-state index in [0.29, 0.717) is 0 Å². The Bertz CT molecular complexity index is 309. The first kappa shape index (κ1) is 16.8. The molecule has 0 heteroatoms.